The third kappa shape index (κ3) is 6.84. The van der Waals surface area contributed by atoms with Crippen LogP contribution in [0.5, 0.6) is 23.0 Å². The van der Waals surface area contributed by atoms with Crippen molar-refractivity contribution in [3.8, 4) is 23.0 Å². The zero-order valence-corrected chi connectivity index (χ0v) is 24.9. The van der Waals surface area contributed by atoms with Gasteiger partial charge in [-0.25, -0.2) is 14.3 Å². The second-order valence-electron chi connectivity index (χ2n) is 10.8. The first-order valence-corrected chi connectivity index (χ1v) is 14.6. The summed E-state index contributed by atoms with van der Waals surface area (Å²) < 4.78 is 46.6. The number of hydrogen-bond donors (Lipinski definition) is 3. The Kier molecular flexibility index (Phi) is 9.61. The summed E-state index contributed by atoms with van der Waals surface area (Å²) in [6.07, 6.45) is 4.22. The highest BCUT2D eigenvalue weighted by atomic mass is 19.1. The van der Waals surface area contributed by atoms with Crippen molar-refractivity contribution in [1.82, 2.24) is 10.5 Å². The van der Waals surface area contributed by atoms with Crippen LogP contribution >= 0.6 is 0 Å². The number of halogens is 2. The summed E-state index contributed by atoms with van der Waals surface area (Å²) in [5.74, 6) is -2.18. The molecule has 3 amide bonds. The lowest BCUT2D eigenvalue weighted by Crippen LogP contribution is -2.41. The Labute approximate surface area is 262 Å². The van der Waals surface area contributed by atoms with Gasteiger partial charge in [0, 0.05) is 35.8 Å². The molecule has 4 aromatic rings. The molecule has 0 aliphatic heterocycles. The van der Waals surface area contributed by atoms with Gasteiger partial charge in [0.15, 0.2) is 23.1 Å². The molecule has 0 radical (unpaired) electrons. The van der Waals surface area contributed by atoms with Crippen molar-refractivity contribution in [1.29, 1.82) is 0 Å². The summed E-state index contributed by atoms with van der Waals surface area (Å²) in [7, 11) is 1.48. The maximum Gasteiger partial charge on any atom is 0.247 e. The SMILES string of the molecule is COc1cc2c(Oc3ccc(N(C(=O)C4(C(N)=O)CC4)c4ccc(F)cc4)cc3F)ccnc2cc1OCCCCCC(=O)NO. The lowest BCUT2D eigenvalue weighted by molar-refractivity contribution is -0.133. The molecule has 11 nitrogen and oxygen atoms in total. The third-order valence-electron chi connectivity index (χ3n) is 7.73. The van der Waals surface area contributed by atoms with Gasteiger partial charge in [-0.05, 0) is 80.6 Å². The van der Waals surface area contributed by atoms with Crippen LogP contribution < -0.4 is 30.3 Å². The highest BCUT2D eigenvalue weighted by Crippen LogP contribution is 2.49. The molecule has 5 rings (SSSR count). The predicted molar refractivity (Wildman–Crippen MR) is 163 cm³/mol. The van der Waals surface area contributed by atoms with Crippen molar-refractivity contribution >= 4 is 40.0 Å². The number of hydroxylamine groups is 1. The highest BCUT2D eigenvalue weighted by molar-refractivity contribution is 6.16. The second kappa shape index (κ2) is 13.8. The zero-order chi connectivity index (χ0) is 32.8. The molecule has 1 aliphatic rings. The lowest BCUT2D eigenvalue weighted by atomic mass is 10.0. The number of benzene rings is 3. The quantitative estimate of drug-likeness (QED) is 0.0692. The van der Waals surface area contributed by atoms with Gasteiger partial charge in [-0.1, -0.05) is 0 Å². The topological polar surface area (TPSA) is 153 Å². The molecule has 0 bridgehead atoms. The number of nitrogens with two attached hydrogens (primary N) is 1. The molecule has 4 N–H and O–H groups in total. The van der Waals surface area contributed by atoms with Crippen LogP contribution in [0.15, 0.2) is 66.9 Å². The van der Waals surface area contributed by atoms with Gasteiger partial charge < -0.3 is 19.9 Å². The number of rotatable bonds is 14. The van der Waals surface area contributed by atoms with Crippen molar-refractivity contribution < 1.29 is 42.6 Å². The summed E-state index contributed by atoms with van der Waals surface area (Å²) in [6.45, 7) is 0.356. The molecular weight excluding hydrogens is 602 g/mol. The lowest BCUT2D eigenvalue weighted by Gasteiger charge is -2.26. The van der Waals surface area contributed by atoms with Crippen molar-refractivity contribution in [3.63, 3.8) is 0 Å². The van der Waals surface area contributed by atoms with Gasteiger partial charge >= 0.3 is 0 Å². The van der Waals surface area contributed by atoms with Crippen molar-refractivity contribution in [3.05, 3.63) is 78.5 Å². The number of nitrogens with one attached hydrogen (secondary N) is 1. The predicted octanol–water partition coefficient (Wildman–Crippen LogP) is 5.69. The Balaban J connectivity index is 1.37. The number of fused-ring (bicyclic) bond motifs is 1. The fourth-order valence-electron chi connectivity index (χ4n) is 5.00. The minimum Gasteiger partial charge on any atom is -0.493 e. The molecule has 1 heterocycles. The van der Waals surface area contributed by atoms with Crippen LogP contribution in [0, 0.1) is 17.0 Å². The van der Waals surface area contributed by atoms with Gasteiger partial charge in [0.25, 0.3) is 0 Å². The summed E-state index contributed by atoms with van der Waals surface area (Å²) in [5.41, 5.74) is 6.58. The van der Waals surface area contributed by atoms with E-state index in [4.69, 9.17) is 25.2 Å². The molecule has 1 saturated carbocycles. The first-order valence-electron chi connectivity index (χ1n) is 14.6. The number of hydrogen-bond acceptors (Lipinski definition) is 8. The summed E-state index contributed by atoms with van der Waals surface area (Å²) in [5, 5.41) is 9.09. The van der Waals surface area contributed by atoms with E-state index in [-0.39, 0.29) is 42.1 Å². The molecule has 240 valence electrons. The van der Waals surface area contributed by atoms with E-state index in [1.54, 1.807) is 23.7 Å². The average molecular weight is 635 g/mol. The van der Waals surface area contributed by atoms with E-state index < -0.39 is 34.8 Å². The molecule has 0 saturated heterocycles. The fraction of sp³-hybridized carbons (Fsp3) is 0.273. The minimum absolute atomic E-state index is 0.105. The number of primary amides is 1. The maximum absolute atomic E-state index is 15.6. The molecule has 1 aliphatic carbocycles. The molecule has 3 aromatic carbocycles. The van der Waals surface area contributed by atoms with Crippen LogP contribution in [0.25, 0.3) is 10.9 Å². The zero-order valence-electron chi connectivity index (χ0n) is 24.9. The summed E-state index contributed by atoms with van der Waals surface area (Å²) in [4.78, 5) is 42.4. The van der Waals surface area contributed by atoms with Gasteiger partial charge in [-0.15, -0.1) is 0 Å². The first-order chi connectivity index (χ1) is 22.2. The number of nitrogens with zero attached hydrogens (tertiary/aromatic N) is 2. The van der Waals surface area contributed by atoms with Gasteiger partial charge in [-0.3, -0.25) is 29.5 Å². The van der Waals surface area contributed by atoms with E-state index in [0.717, 1.165) is 23.1 Å². The van der Waals surface area contributed by atoms with E-state index in [1.807, 2.05) is 0 Å². The number of ether oxygens (including phenoxy) is 3. The first kappa shape index (κ1) is 32.1. The fourth-order valence-corrected chi connectivity index (χ4v) is 5.00. The van der Waals surface area contributed by atoms with E-state index in [9.17, 15) is 18.8 Å². The van der Waals surface area contributed by atoms with Crippen LogP contribution in [0.4, 0.5) is 20.2 Å². The van der Waals surface area contributed by atoms with Crippen LogP contribution in [0.2, 0.25) is 0 Å². The Hall–Kier alpha value is -5.30. The number of methoxy groups -OCH3 is 1. The van der Waals surface area contributed by atoms with E-state index in [1.165, 1.54) is 37.6 Å². The molecule has 0 atom stereocenters. The largest absolute Gasteiger partial charge is 0.493 e. The number of pyridine rings is 1. The summed E-state index contributed by atoms with van der Waals surface area (Å²) >= 11 is 0. The van der Waals surface area contributed by atoms with Crippen LogP contribution in [-0.2, 0) is 14.4 Å². The minimum atomic E-state index is -1.41. The number of aromatic nitrogens is 1. The number of anilines is 2. The van der Waals surface area contributed by atoms with Gasteiger partial charge in [0.1, 0.15) is 17.0 Å². The van der Waals surface area contributed by atoms with E-state index >= 15 is 4.39 Å². The van der Waals surface area contributed by atoms with Crippen LogP contribution in [-0.4, -0.2) is 41.6 Å². The molecule has 46 heavy (non-hydrogen) atoms. The van der Waals surface area contributed by atoms with E-state index in [0.29, 0.717) is 48.3 Å². The maximum atomic E-state index is 15.6. The molecule has 13 heteroatoms. The molecular formula is C33H32F2N4O7. The van der Waals surface area contributed by atoms with Gasteiger partial charge in [0.05, 0.1) is 24.9 Å². The monoisotopic (exact) mass is 634 g/mol. The molecule has 0 spiro atoms. The summed E-state index contributed by atoms with van der Waals surface area (Å²) in [6, 6.07) is 13.9. The highest BCUT2D eigenvalue weighted by Gasteiger charge is 2.57. The van der Waals surface area contributed by atoms with Crippen molar-refractivity contribution in [2.45, 2.75) is 38.5 Å². The third-order valence-corrected chi connectivity index (χ3v) is 7.73. The number of carbonyl (C=O) groups excluding carboxylic acids is 3. The normalized spacial score (nSPS) is 13.1. The second-order valence-corrected chi connectivity index (χ2v) is 10.8. The molecule has 1 aromatic heterocycles. The number of amides is 3. The molecule has 1 fully saturated rings. The number of unbranched alkanes of at least 4 members (excludes halogenated alkanes) is 2. The Bertz CT molecular complexity index is 1760. The van der Waals surface area contributed by atoms with Crippen LogP contribution in [0.1, 0.15) is 38.5 Å². The standard InChI is InChI=1S/C33H32F2N4O7/c1-44-28-18-23-25(19-29(28)45-16-4-2-3-5-30(40)38-43)37-15-12-26(23)46-27-11-10-22(17-24(27)35)39(21-8-6-20(34)7-9-21)32(42)33(13-14-33)31(36)41/h6-12,15,17-19,43H,2-5,13-14,16H2,1H3,(H2,36,41)(H,38,40). The van der Waals surface area contributed by atoms with Crippen molar-refractivity contribution in [2.75, 3.05) is 18.6 Å². The number of carbonyl (C=O) groups is 3. The van der Waals surface area contributed by atoms with Crippen LogP contribution in [0.3, 0.4) is 0 Å². The van der Waals surface area contributed by atoms with Gasteiger partial charge in [0.2, 0.25) is 17.7 Å². The molecule has 0 unspecified atom stereocenters. The van der Waals surface area contributed by atoms with Crippen molar-refractivity contribution in [2.24, 2.45) is 11.1 Å². The average Bonchev–Trinajstić information content (AvgIpc) is 3.87. The Morgan fingerprint density at radius 2 is 1.67 bits per heavy atom. The Morgan fingerprint density at radius 3 is 2.33 bits per heavy atom. The smallest absolute Gasteiger partial charge is 0.247 e. The van der Waals surface area contributed by atoms with E-state index in [2.05, 4.69) is 4.98 Å². The van der Waals surface area contributed by atoms with Gasteiger partial charge in [-0.2, -0.15) is 0 Å². The Morgan fingerprint density at radius 1 is 0.935 bits per heavy atom.